The highest BCUT2D eigenvalue weighted by Crippen LogP contribution is 2.69. The molecule has 0 spiro atoms. The van der Waals surface area contributed by atoms with Crippen LogP contribution >= 0.6 is 0 Å². The van der Waals surface area contributed by atoms with Crippen LogP contribution in [-0.2, 0) is 14.4 Å². The zero-order valence-electron chi connectivity index (χ0n) is 28.0. The first-order valence-electron chi connectivity index (χ1n) is 16.4. The molecule has 0 aromatic carbocycles. The van der Waals surface area contributed by atoms with Gasteiger partial charge in [-0.05, 0) is 110 Å². The molecule has 0 aromatic heterocycles. The van der Waals surface area contributed by atoms with Crippen molar-refractivity contribution in [2.45, 2.75) is 133 Å². The number of aliphatic carboxylic acids is 1. The van der Waals surface area contributed by atoms with Crippen LogP contribution in [0.2, 0.25) is 0 Å². The lowest BCUT2D eigenvalue weighted by Crippen LogP contribution is -2.64. The van der Waals surface area contributed by atoms with Crippen LogP contribution in [0.3, 0.4) is 0 Å². The van der Waals surface area contributed by atoms with E-state index >= 15 is 0 Å². The minimum Gasteiger partial charge on any atom is -0.481 e. The molecule has 0 bridgehead atoms. The topological polar surface area (TPSA) is 87.7 Å². The van der Waals surface area contributed by atoms with Gasteiger partial charge in [-0.15, -0.1) is 0 Å². The monoisotopic (exact) mass is 574 g/mol. The molecular formula is C35H62N2O4. The molecule has 3 aliphatic carbocycles. The Bertz CT molecular complexity index is 975. The molecule has 8 atom stereocenters. The Balaban J connectivity index is 1.88. The van der Waals surface area contributed by atoms with Crippen LogP contribution in [-0.4, -0.2) is 36.7 Å². The lowest BCUT2D eigenvalue weighted by molar-refractivity contribution is -0.180. The van der Waals surface area contributed by atoms with E-state index in [1.807, 2.05) is 0 Å². The normalized spacial score (nSPS) is 38.7. The van der Waals surface area contributed by atoms with Crippen molar-refractivity contribution >= 4 is 11.9 Å². The number of hydrogen-bond donors (Lipinski definition) is 3. The van der Waals surface area contributed by atoms with E-state index in [1.54, 1.807) is 0 Å². The predicted molar refractivity (Wildman–Crippen MR) is 167 cm³/mol. The van der Waals surface area contributed by atoms with Crippen LogP contribution < -0.4 is 10.8 Å². The fraction of sp³-hybridized carbons (Fsp3) is 0.886. The quantitative estimate of drug-likeness (QED) is 0.164. The number of hydroxylamine groups is 1. The maximum absolute atomic E-state index is 12.8. The summed E-state index contributed by atoms with van der Waals surface area (Å²) >= 11 is 0. The molecule has 3 fully saturated rings. The molecule has 0 aliphatic heterocycles. The third kappa shape index (κ3) is 5.90. The second-order valence-corrected chi connectivity index (χ2v) is 16.0. The Hall–Kier alpha value is -1.40. The summed E-state index contributed by atoms with van der Waals surface area (Å²) in [6, 6.07) is 0.145. The van der Waals surface area contributed by atoms with E-state index in [-0.39, 0.29) is 46.1 Å². The number of rotatable bonds is 12. The van der Waals surface area contributed by atoms with Crippen LogP contribution in [0.1, 0.15) is 127 Å². The highest BCUT2D eigenvalue weighted by molar-refractivity contribution is 5.78. The minimum absolute atomic E-state index is 0.00528. The number of hydrogen-bond acceptors (Lipinski definition) is 4. The van der Waals surface area contributed by atoms with Gasteiger partial charge in [-0.25, -0.2) is 0 Å². The van der Waals surface area contributed by atoms with Crippen molar-refractivity contribution in [3.63, 3.8) is 0 Å². The zero-order chi connectivity index (χ0) is 31.0. The Morgan fingerprint density at radius 1 is 1.07 bits per heavy atom. The second kappa shape index (κ2) is 12.3. The van der Waals surface area contributed by atoms with Crippen molar-refractivity contribution in [2.75, 3.05) is 13.7 Å². The lowest BCUT2D eigenvalue weighted by Gasteiger charge is -2.67. The molecule has 3 aliphatic rings. The van der Waals surface area contributed by atoms with E-state index in [1.165, 1.54) is 13.5 Å². The molecule has 236 valence electrons. The molecule has 6 nitrogen and oxygen atoms in total. The summed E-state index contributed by atoms with van der Waals surface area (Å²) < 4.78 is 0. The van der Waals surface area contributed by atoms with Gasteiger partial charge >= 0.3 is 5.97 Å². The van der Waals surface area contributed by atoms with Crippen LogP contribution in [0.25, 0.3) is 0 Å². The summed E-state index contributed by atoms with van der Waals surface area (Å²) in [5.74, 6) is 0.855. The number of carbonyl (C=O) groups is 2. The standard InChI is InChI=1S/C35H62N2O4/c1-12-13-27-33(9)17-16-28(37-29(38)22-36-41-11)32(7,8)26(33)15-18-34(27,10)31(5,6)20-21-35(30(39)40)19-14-25(23(2)3)24(35)4/h24-28,36H,2,12-22H2,1,3-11H3,(H,37,38)(H,39,40)/t24?,25-,26?,27?,28-,33-,34+,35-/m0/s1. The third-order valence-electron chi connectivity index (χ3n) is 13.5. The molecular weight excluding hydrogens is 512 g/mol. The minimum atomic E-state index is -0.658. The summed E-state index contributed by atoms with van der Waals surface area (Å²) in [6.07, 6.45) is 10.1. The summed E-state index contributed by atoms with van der Waals surface area (Å²) in [6.45, 7) is 25.6. The van der Waals surface area contributed by atoms with Gasteiger partial charge in [0.2, 0.25) is 5.91 Å². The molecule has 0 heterocycles. The molecule has 0 saturated heterocycles. The Morgan fingerprint density at radius 3 is 2.27 bits per heavy atom. The maximum Gasteiger partial charge on any atom is 0.309 e. The molecule has 3 saturated carbocycles. The van der Waals surface area contributed by atoms with Crippen molar-refractivity contribution in [3.8, 4) is 0 Å². The van der Waals surface area contributed by atoms with Gasteiger partial charge in [-0.2, -0.15) is 5.48 Å². The number of carboxylic acid groups (broad SMARTS) is 1. The fourth-order valence-corrected chi connectivity index (χ4v) is 10.5. The van der Waals surface area contributed by atoms with Crippen molar-refractivity contribution < 1.29 is 19.5 Å². The molecule has 3 rings (SSSR count). The molecule has 3 unspecified atom stereocenters. The van der Waals surface area contributed by atoms with Crippen molar-refractivity contribution in [1.82, 2.24) is 10.8 Å². The molecule has 6 heteroatoms. The summed E-state index contributed by atoms with van der Waals surface area (Å²) in [5.41, 5.74) is 3.42. The summed E-state index contributed by atoms with van der Waals surface area (Å²) in [7, 11) is 1.53. The third-order valence-corrected chi connectivity index (χ3v) is 13.5. The second-order valence-electron chi connectivity index (χ2n) is 16.0. The van der Waals surface area contributed by atoms with E-state index in [9.17, 15) is 14.7 Å². The van der Waals surface area contributed by atoms with Gasteiger partial charge in [0.25, 0.3) is 0 Å². The van der Waals surface area contributed by atoms with Gasteiger partial charge in [0.15, 0.2) is 0 Å². The average Bonchev–Trinajstić information content (AvgIpc) is 3.23. The van der Waals surface area contributed by atoms with Crippen molar-refractivity contribution in [3.05, 3.63) is 12.2 Å². The number of allylic oxidation sites excluding steroid dienone is 1. The zero-order valence-corrected chi connectivity index (χ0v) is 28.0. The van der Waals surface area contributed by atoms with Crippen molar-refractivity contribution in [1.29, 1.82) is 0 Å². The molecule has 0 radical (unpaired) electrons. The first-order valence-corrected chi connectivity index (χ1v) is 16.4. The van der Waals surface area contributed by atoms with E-state index in [0.717, 1.165) is 63.4 Å². The Labute approximate surface area is 251 Å². The van der Waals surface area contributed by atoms with Gasteiger partial charge < -0.3 is 15.3 Å². The van der Waals surface area contributed by atoms with Crippen molar-refractivity contribution in [2.24, 2.45) is 50.7 Å². The summed E-state index contributed by atoms with van der Waals surface area (Å²) in [4.78, 5) is 30.4. The van der Waals surface area contributed by atoms with Crippen LogP contribution in [0, 0.1) is 50.7 Å². The number of carboxylic acids is 1. The van der Waals surface area contributed by atoms with Gasteiger partial charge in [0, 0.05) is 6.04 Å². The number of fused-ring (bicyclic) bond motifs is 1. The van der Waals surface area contributed by atoms with E-state index < -0.39 is 11.4 Å². The van der Waals surface area contributed by atoms with Crippen LogP contribution in [0.15, 0.2) is 12.2 Å². The lowest BCUT2D eigenvalue weighted by atomic mass is 9.38. The van der Waals surface area contributed by atoms with Gasteiger partial charge in [-0.3, -0.25) is 9.59 Å². The van der Waals surface area contributed by atoms with Crippen LogP contribution in [0.5, 0.6) is 0 Å². The van der Waals surface area contributed by atoms with Gasteiger partial charge in [-0.1, -0.05) is 74.0 Å². The van der Waals surface area contributed by atoms with E-state index in [0.29, 0.717) is 17.8 Å². The molecule has 0 aromatic rings. The number of carbonyl (C=O) groups excluding carboxylic acids is 1. The first kappa shape index (κ1) is 34.1. The first-order chi connectivity index (χ1) is 18.9. The molecule has 3 N–H and O–H groups in total. The Kier molecular flexibility index (Phi) is 10.2. The van der Waals surface area contributed by atoms with E-state index in [4.69, 9.17) is 4.84 Å². The smallest absolute Gasteiger partial charge is 0.309 e. The molecule has 41 heavy (non-hydrogen) atoms. The van der Waals surface area contributed by atoms with Gasteiger partial charge in [0.05, 0.1) is 19.1 Å². The fourth-order valence-electron chi connectivity index (χ4n) is 10.5. The number of amides is 1. The highest BCUT2D eigenvalue weighted by Gasteiger charge is 2.63. The van der Waals surface area contributed by atoms with E-state index in [2.05, 4.69) is 79.7 Å². The molecule has 1 amide bonds. The number of nitrogens with one attached hydrogen (secondary N) is 2. The average molecular weight is 575 g/mol. The predicted octanol–water partition coefficient (Wildman–Crippen LogP) is 7.78. The largest absolute Gasteiger partial charge is 0.481 e. The SMILES string of the molecule is C=C(C)[C@@H]1CC[C@@](CCC(C)(C)[C@]2(C)CCC3C(C)(C)[C@@H](NC(=O)CNOC)CC[C@]3(C)C2CCC)(C(=O)O)C1C. The maximum atomic E-state index is 12.8. The highest BCUT2D eigenvalue weighted by atomic mass is 16.6. The van der Waals surface area contributed by atoms with Gasteiger partial charge in [0.1, 0.15) is 0 Å². The Morgan fingerprint density at radius 2 is 1.73 bits per heavy atom. The van der Waals surface area contributed by atoms with Crippen LogP contribution in [0.4, 0.5) is 0 Å². The summed E-state index contributed by atoms with van der Waals surface area (Å²) in [5, 5.41) is 13.9.